The SMILES string of the molecule is N#Cc1nccnc1NC1CCN(Cc2ccccn2)CC1. The molecule has 0 spiro atoms. The summed E-state index contributed by atoms with van der Waals surface area (Å²) in [6.45, 7) is 2.91. The molecule has 0 atom stereocenters. The van der Waals surface area contributed by atoms with Gasteiger partial charge in [-0.3, -0.25) is 9.88 Å². The maximum Gasteiger partial charge on any atom is 0.182 e. The standard InChI is InChI=1S/C16H18N6/c17-11-15-16(20-8-7-19-15)21-13-4-9-22(10-5-13)12-14-3-1-2-6-18-14/h1-3,6-8,13H,4-5,9-10,12H2,(H,20,21). The second-order valence-electron chi connectivity index (χ2n) is 5.38. The monoisotopic (exact) mass is 294 g/mol. The number of piperidine rings is 1. The highest BCUT2D eigenvalue weighted by Gasteiger charge is 2.20. The number of rotatable bonds is 4. The van der Waals surface area contributed by atoms with E-state index in [-0.39, 0.29) is 0 Å². The number of anilines is 1. The second kappa shape index (κ2) is 6.96. The molecule has 112 valence electrons. The summed E-state index contributed by atoms with van der Waals surface area (Å²) in [5, 5.41) is 12.4. The first-order valence-corrected chi connectivity index (χ1v) is 7.45. The summed E-state index contributed by atoms with van der Waals surface area (Å²) in [5.41, 5.74) is 1.47. The van der Waals surface area contributed by atoms with Gasteiger partial charge in [-0.2, -0.15) is 5.26 Å². The van der Waals surface area contributed by atoms with Crippen molar-refractivity contribution in [1.29, 1.82) is 5.26 Å². The Morgan fingerprint density at radius 2 is 1.95 bits per heavy atom. The van der Waals surface area contributed by atoms with Crippen LogP contribution in [-0.2, 0) is 6.54 Å². The van der Waals surface area contributed by atoms with Crippen LogP contribution in [0.3, 0.4) is 0 Å². The number of hydrogen-bond acceptors (Lipinski definition) is 6. The highest BCUT2D eigenvalue weighted by Crippen LogP contribution is 2.17. The molecule has 0 saturated carbocycles. The molecule has 3 heterocycles. The molecule has 0 amide bonds. The minimum Gasteiger partial charge on any atom is -0.365 e. The van der Waals surface area contributed by atoms with Crippen molar-refractivity contribution in [2.75, 3.05) is 18.4 Å². The number of aromatic nitrogens is 3. The van der Waals surface area contributed by atoms with E-state index in [1.54, 1.807) is 12.4 Å². The molecule has 1 saturated heterocycles. The molecule has 6 nitrogen and oxygen atoms in total. The third-order valence-electron chi connectivity index (χ3n) is 3.84. The fourth-order valence-corrected chi connectivity index (χ4v) is 2.67. The van der Waals surface area contributed by atoms with Crippen molar-refractivity contribution in [2.24, 2.45) is 0 Å². The molecule has 6 heteroatoms. The zero-order chi connectivity index (χ0) is 15.2. The van der Waals surface area contributed by atoms with Crippen LogP contribution in [0.4, 0.5) is 5.82 Å². The molecule has 1 aliphatic rings. The Bertz CT molecular complexity index is 643. The predicted molar refractivity (Wildman–Crippen MR) is 82.9 cm³/mol. The maximum absolute atomic E-state index is 9.05. The third kappa shape index (κ3) is 3.57. The van der Waals surface area contributed by atoms with Crippen molar-refractivity contribution in [2.45, 2.75) is 25.4 Å². The number of hydrogen-bond donors (Lipinski definition) is 1. The average Bonchev–Trinajstić information content (AvgIpc) is 2.58. The smallest absolute Gasteiger partial charge is 0.182 e. The Morgan fingerprint density at radius 1 is 1.14 bits per heavy atom. The lowest BCUT2D eigenvalue weighted by molar-refractivity contribution is 0.209. The fraction of sp³-hybridized carbons (Fsp3) is 0.375. The molecule has 2 aromatic rings. The molecule has 0 aliphatic carbocycles. The molecule has 0 bridgehead atoms. The van der Waals surface area contributed by atoms with Gasteiger partial charge >= 0.3 is 0 Å². The first kappa shape index (κ1) is 14.4. The fourth-order valence-electron chi connectivity index (χ4n) is 2.67. The van der Waals surface area contributed by atoms with E-state index in [4.69, 9.17) is 5.26 Å². The highest BCUT2D eigenvalue weighted by molar-refractivity contribution is 5.47. The van der Waals surface area contributed by atoms with Gasteiger partial charge in [0.05, 0.1) is 5.69 Å². The molecule has 1 N–H and O–H groups in total. The van der Waals surface area contributed by atoms with Crippen molar-refractivity contribution in [3.63, 3.8) is 0 Å². The van der Waals surface area contributed by atoms with E-state index < -0.39 is 0 Å². The van der Waals surface area contributed by atoms with Gasteiger partial charge in [-0.1, -0.05) is 6.07 Å². The summed E-state index contributed by atoms with van der Waals surface area (Å²) in [4.78, 5) is 15.0. The van der Waals surface area contributed by atoms with Crippen LogP contribution in [0.1, 0.15) is 24.2 Å². The van der Waals surface area contributed by atoms with Crippen molar-refractivity contribution in [1.82, 2.24) is 19.9 Å². The van der Waals surface area contributed by atoms with Gasteiger partial charge in [0.1, 0.15) is 6.07 Å². The summed E-state index contributed by atoms with van der Waals surface area (Å²) in [5.74, 6) is 0.591. The van der Waals surface area contributed by atoms with Gasteiger partial charge in [0.15, 0.2) is 11.5 Å². The Kier molecular flexibility index (Phi) is 4.56. The summed E-state index contributed by atoms with van der Waals surface area (Å²) in [6.07, 6.45) is 7.03. The van der Waals surface area contributed by atoms with Gasteiger partial charge in [0, 0.05) is 44.3 Å². The molecule has 1 fully saturated rings. The lowest BCUT2D eigenvalue weighted by Gasteiger charge is -2.32. The third-order valence-corrected chi connectivity index (χ3v) is 3.84. The minimum atomic E-state index is 0.337. The van der Waals surface area contributed by atoms with Crippen molar-refractivity contribution in [3.8, 4) is 6.07 Å². The van der Waals surface area contributed by atoms with Gasteiger partial charge in [0.25, 0.3) is 0 Å². The Labute approximate surface area is 129 Å². The molecule has 0 radical (unpaired) electrons. The van der Waals surface area contributed by atoms with Crippen molar-refractivity contribution >= 4 is 5.82 Å². The van der Waals surface area contributed by atoms with Crippen LogP contribution < -0.4 is 5.32 Å². The first-order chi connectivity index (χ1) is 10.8. The Morgan fingerprint density at radius 3 is 2.68 bits per heavy atom. The molecular weight excluding hydrogens is 276 g/mol. The zero-order valence-corrected chi connectivity index (χ0v) is 12.3. The second-order valence-corrected chi connectivity index (χ2v) is 5.38. The lowest BCUT2D eigenvalue weighted by Crippen LogP contribution is -2.39. The molecule has 22 heavy (non-hydrogen) atoms. The summed E-state index contributed by atoms with van der Waals surface area (Å²) >= 11 is 0. The van der Waals surface area contributed by atoms with E-state index >= 15 is 0 Å². The van der Waals surface area contributed by atoms with Crippen LogP contribution >= 0.6 is 0 Å². The molecule has 1 aliphatic heterocycles. The van der Waals surface area contributed by atoms with Crippen LogP contribution in [0, 0.1) is 11.3 Å². The van der Waals surface area contributed by atoms with Gasteiger partial charge in [0.2, 0.25) is 0 Å². The minimum absolute atomic E-state index is 0.337. The van der Waals surface area contributed by atoms with Gasteiger partial charge in [-0.05, 0) is 25.0 Å². The van der Waals surface area contributed by atoms with Crippen LogP contribution in [0.2, 0.25) is 0 Å². The van der Waals surface area contributed by atoms with E-state index in [0.29, 0.717) is 17.6 Å². The largest absolute Gasteiger partial charge is 0.365 e. The molecule has 2 aromatic heterocycles. The van der Waals surface area contributed by atoms with Crippen LogP contribution in [0.5, 0.6) is 0 Å². The first-order valence-electron chi connectivity index (χ1n) is 7.45. The zero-order valence-electron chi connectivity index (χ0n) is 12.3. The quantitative estimate of drug-likeness (QED) is 0.926. The molecule has 0 unspecified atom stereocenters. The van der Waals surface area contributed by atoms with Crippen LogP contribution in [0.15, 0.2) is 36.8 Å². The number of nitrogens with one attached hydrogen (secondary N) is 1. The van der Waals surface area contributed by atoms with E-state index in [9.17, 15) is 0 Å². The van der Waals surface area contributed by atoms with Gasteiger partial charge in [-0.15, -0.1) is 0 Å². The molecule has 0 aromatic carbocycles. The average molecular weight is 294 g/mol. The van der Waals surface area contributed by atoms with Crippen molar-refractivity contribution < 1.29 is 0 Å². The van der Waals surface area contributed by atoms with Gasteiger partial charge in [-0.25, -0.2) is 9.97 Å². The van der Waals surface area contributed by atoms with E-state index in [1.807, 2.05) is 18.3 Å². The lowest BCUT2D eigenvalue weighted by atomic mass is 10.0. The maximum atomic E-state index is 9.05. The molecule has 3 rings (SSSR count). The number of pyridine rings is 1. The normalized spacial score (nSPS) is 16.1. The topological polar surface area (TPSA) is 77.7 Å². The number of nitriles is 1. The van der Waals surface area contributed by atoms with E-state index in [0.717, 1.165) is 38.2 Å². The summed E-state index contributed by atoms with van der Waals surface area (Å²) < 4.78 is 0. The predicted octanol–water partition coefficient (Wildman–Crippen LogP) is 1.82. The van der Waals surface area contributed by atoms with E-state index in [1.165, 1.54) is 0 Å². The summed E-state index contributed by atoms with van der Waals surface area (Å²) in [7, 11) is 0. The number of nitrogens with zero attached hydrogens (tertiary/aromatic N) is 5. The van der Waals surface area contributed by atoms with E-state index in [2.05, 4.69) is 37.3 Å². The van der Waals surface area contributed by atoms with Gasteiger partial charge < -0.3 is 5.32 Å². The Hall–Kier alpha value is -2.52. The molecular formula is C16H18N6. The number of likely N-dealkylation sites (tertiary alicyclic amines) is 1. The highest BCUT2D eigenvalue weighted by atomic mass is 15.2. The summed E-state index contributed by atoms with van der Waals surface area (Å²) in [6, 6.07) is 8.43. The van der Waals surface area contributed by atoms with Crippen LogP contribution in [0.25, 0.3) is 0 Å². The van der Waals surface area contributed by atoms with Crippen LogP contribution in [-0.4, -0.2) is 39.0 Å². The Balaban J connectivity index is 1.53. The van der Waals surface area contributed by atoms with Crippen molar-refractivity contribution in [3.05, 3.63) is 48.2 Å².